The second kappa shape index (κ2) is 5.37. The molecular formula is C10H24ClNSi. The first kappa shape index (κ1) is 13.5. The van der Waals surface area contributed by atoms with Gasteiger partial charge in [-0.25, -0.2) is 0 Å². The van der Waals surface area contributed by atoms with Gasteiger partial charge in [0.1, 0.15) is 0 Å². The third kappa shape index (κ3) is 2.71. The molecule has 0 rings (SSSR count). The van der Waals surface area contributed by atoms with Crippen LogP contribution in [0.15, 0.2) is 0 Å². The highest BCUT2D eigenvalue weighted by Crippen LogP contribution is 2.38. The molecule has 0 amide bonds. The Labute approximate surface area is 89.3 Å². The summed E-state index contributed by atoms with van der Waals surface area (Å²) in [6.07, 6.45) is 0. The normalized spacial score (nSPS) is 13.4. The van der Waals surface area contributed by atoms with E-state index in [2.05, 4.69) is 46.1 Å². The maximum Gasteiger partial charge on any atom is 0.234 e. The molecule has 0 spiro atoms. The van der Waals surface area contributed by atoms with E-state index >= 15 is 0 Å². The van der Waals surface area contributed by atoms with E-state index in [0.717, 1.165) is 13.1 Å². The van der Waals surface area contributed by atoms with Crippen LogP contribution in [0.25, 0.3) is 0 Å². The van der Waals surface area contributed by atoms with Crippen molar-refractivity contribution in [1.29, 1.82) is 0 Å². The lowest BCUT2D eigenvalue weighted by atomic mass is 10.5. The van der Waals surface area contributed by atoms with Crippen LogP contribution in [0, 0.1) is 0 Å². The Bertz CT molecular complexity index is 136. The smallest absolute Gasteiger partial charge is 0.234 e. The number of halogens is 1. The van der Waals surface area contributed by atoms with Gasteiger partial charge in [-0.3, -0.25) is 0 Å². The molecule has 0 saturated carbocycles. The minimum Gasteiger partial charge on any atom is -0.312 e. The van der Waals surface area contributed by atoms with Crippen LogP contribution in [0.2, 0.25) is 11.1 Å². The van der Waals surface area contributed by atoms with Gasteiger partial charge in [-0.1, -0.05) is 41.5 Å². The van der Waals surface area contributed by atoms with Crippen LogP contribution in [0.3, 0.4) is 0 Å². The fraction of sp³-hybridized carbons (Fsp3) is 1.00. The second-order valence-corrected chi connectivity index (χ2v) is 10.4. The molecule has 0 unspecified atom stereocenters. The van der Waals surface area contributed by atoms with Gasteiger partial charge in [0, 0.05) is 0 Å². The molecule has 0 fully saturated rings. The summed E-state index contributed by atoms with van der Waals surface area (Å²) >= 11 is 6.84. The zero-order valence-corrected chi connectivity index (χ0v) is 11.7. The summed E-state index contributed by atoms with van der Waals surface area (Å²) in [4.78, 5) is 0. The van der Waals surface area contributed by atoms with Gasteiger partial charge in [0.05, 0.1) is 0 Å². The summed E-state index contributed by atoms with van der Waals surface area (Å²) in [5.41, 5.74) is 1.24. The SMILES string of the molecule is CCN(CC)[Si](Cl)(C(C)C)C(C)C. The molecule has 80 valence electrons. The minimum absolute atomic E-state index is 0.620. The van der Waals surface area contributed by atoms with Crippen LogP contribution < -0.4 is 0 Å². The van der Waals surface area contributed by atoms with E-state index in [4.69, 9.17) is 11.1 Å². The maximum atomic E-state index is 6.84. The lowest BCUT2D eigenvalue weighted by Crippen LogP contribution is -2.53. The van der Waals surface area contributed by atoms with Crippen LogP contribution in [0.5, 0.6) is 0 Å². The van der Waals surface area contributed by atoms with Crippen LogP contribution in [-0.4, -0.2) is 25.2 Å². The number of rotatable bonds is 5. The van der Waals surface area contributed by atoms with E-state index in [1.807, 2.05) is 0 Å². The summed E-state index contributed by atoms with van der Waals surface area (Å²) in [6.45, 7) is 15.6. The van der Waals surface area contributed by atoms with E-state index in [-0.39, 0.29) is 0 Å². The molecule has 0 radical (unpaired) electrons. The molecule has 0 bridgehead atoms. The summed E-state index contributed by atoms with van der Waals surface area (Å²) in [5, 5.41) is 0. The molecule has 0 atom stereocenters. The first-order valence-corrected chi connectivity index (χ1v) is 8.46. The minimum atomic E-state index is -1.73. The Morgan fingerprint density at radius 2 is 1.31 bits per heavy atom. The molecule has 0 aliphatic carbocycles. The summed E-state index contributed by atoms with van der Waals surface area (Å²) in [6, 6.07) is 0. The molecule has 0 aromatic rings. The zero-order valence-electron chi connectivity index (χ0n) is 9.89. The Morgan fingerprint density at radius 3 is 1.38 bits per heavy atom. The lowest BCUT2D eigenvalue weighted by Gasteiger charge is -2.41. The molecule has 0 saturated heterocycles. The van der Waals surface area contributed by atoms with Gasteiger partial charge in [0.2, 0.25) is 7.55 Å². The lowest BCUT2D eigenvalue weighted by molar-refractivity contribution is 0.454. The second-order valence-electron chi connectivity index (χ2n) is 4.21. The molecule has 0 aliphatic heterocycles. The van der Waals surface area contributed by atoms with Crippen LogP contribution in [-0.2, 0) is 0 Å². The summed E-state index contributed by atoms with van der Waals surface area (Å²) < 4.78 is 2.49. The third-order valence-electron chi connectivity index (χ3n) is 2.87. The highest BCUT2D eigenvalue weighted by atomic mass is 35.6. The molecule has 0 aromatic heterocycles. The van der Waals surface area contributed by atoms with E-state index in [9.17, 15) is 0 Å². The van der Waals surface area contributed by atoms with E-state index in [1.54, 1.807) is 0 Å². The first-order valence-electron chi connectivity index (χ1n) is 5.35. The highest BCUT2D eigenvalue weighted by Gasteiger charge is 2.42. The standard InChI is InChI=1S/C10H24ClNSi/c1-7-12(8-2)13(11,9(3)4)10(5)6/h9-10H,7-8H2,1-6H3. The van der Waals surface area contributed by atoms with Crippen molar-refractivity contribution < 1.29 is 0 Å². The molecule has 0 N–H and O–H groups in total. The van der Waals surface area contributed by atoms with Crippen molar-refractivity contribution in [1.82, 2.24) is 4.57 Å². The molecule has 3 heteroatoms. The average molecular weight is 222 g/mol. The van der Waals surface area contributed by atoms with Crippen molar-refractivity contribution in [2.45, 2.75) is 52.6 Å². The molecule has 13 heavy (non-hydrogen) atoms. The van der Waals surface area contributed by atoms with Gasteiger partial charge >= 0.3 is 0 Å². The highest BCUT2D eigenvalue weighted by molar-refractivity contribution is 7.20. The van der Waals surface area contributed by atoms with Crippen LogP contribution in [0.1, 0.15) is 41.5 Å². The quantitative estimate of drug-likeness (QED) is 0.504. The molecule has 0 aliphatic rings. The van der Waals surface area contributed by atoms with Crippen molar-refractivity contribution in [2.75, 3.05) is 13.1 Å². The molecule has 0 heterocycles. The average Bonchev–Trinajstić information content (AvgIpc) is 2.05. The van der Waals surface area contributed by atoms with Crippen molar-refractivity contribution in [2.24, 2.45) is 0 Å². The predicted octanol–water partition coefficient (Wildman–Crippen LogP) is 3.83. The maximum absolute atomic E-state index is 6.84. The van der Waals surface area contributed by atoms with Crippen molar-refractivity contribution in [3.05, 3.63) is 0 Å². The Morgan fingerprint density at radius 1 is 1.00 bits per heavy atom. The first-order chi connectivity index (χ1) is 5.91. The largest absolute Gasteiger partial charge is 0.312 e. The predicted molar refractivity (Wildman–Crippen MR) is 64.7 cm³/mol. The number of hydrogen-bond acceptors (Lipinski definition) is 1. The monoisotopic (exact) mass is 221 g/mol. The van der Waals surface area contributed by atoms with Gasteiger partial charge in [0.25, 0.3) is 0 Å². The van der Waals surface area contributed by atoms with Crippen LogP contribution >= 0.6 is 11.1 Å². The van der Waals surface area contributed by atoms with Gasteiger partial charge in [-0.15, -0.1) is 11.1 Å². The Kier molecular flexibility index (Phi) is 5.57. The molecule has 1 nitrogen and oxygen atoms in total. The Balaban J connectivity index is 4.75. The number of hydrogen-bond donors (Lipinski definition) is 0. The fourth-order valence-electron chi connectivity index (χ4n) is 2.11. The van der Waals surface area contributed by atoms with Crippen LogP contribution in [0.4, 0.5) is 0 Å². The zero-order chi connectivity index (χ0) is 10.6. The van der Waals surface area contributed by atoms with E-state index < -0.39 is 7.55 Å². The van der Waals surface area contributed by atoms with Gasteiger partial charge in [-0.2, -0.15) is 0 Å². The summed E-state index contributed by atoms with van der Waals surface area (Å²) in [5.74, 6) is 0. The summed E-state index contributed by atoms with van der Waals surface area (Å²) in [7, 11) is -1.73. The third-order valence-corrected chi connectivity index (χ3v) is 11.0. The van der Waals surface area contributed by atoms with Crippen molar-refractivity contribution in [3.8, 4) is 0 Å². The van der Waals surface area contributed by atoms with Gasteiger partial charge in [0.15, 0.2) is 0 Å². The fourth-order valence-corrected chi connectivity index (χ4v) is 6.59. The van der Waals surface area contributed by atoms with Crippen molar-refractivity contribution in [3.63, 3.8) is 0 Å². The molecule has 0 aromatic carbocycles. The van der Waals surface area contributed by atoms with Gasteiger partial charge < -0.3 is 4.57 Å². The molecular weight excluding hydrogens is 198 g/mol. The van der Waals surface area contributed by atoms with E-state index in [1.165, 1.54) is 0 Å². The van der Waals surface area contributed by atoms with Crippen molar-refractivity contribution >= 4 is 18.6 Å². The van der Waals surface area contributed by atoms with E-state index in [0.29, 0.717) is 11.1 Å². The topological polar surface area (TPSA) is 3.24 Å². The Hall–Kier alpha value is 0.467. The van der Waals surface area contributed by atoms with Gasteiger partial charge in [-0.05, 0) is 24.2 Å². The number of nitrogens with zero attached hydrogens (tertiary/aromatic N) is 1.